The highest BCUT2D eigenvalue weighted by Gasteiger charge is 2.14. The van der Waals surface area contributed by atoms with E-state index >= 15 is 0 Å². The number of hydrogen-bond donors (Lipinski definition) is 1. The van der Waals surface area contributed by atoms with Gasteiger partial charge in [0.1, 0.15) is 0 Å². The molecular weight excluding hydrogens is 268 g/mol. The van der Waals surface area contributed by atoms with Gasteiger partial charge in [0, 0.05) is 49.0 Å². The van der Waals surface area contributed by atoms with Gasteiger partial charge < -0.3 is 14.8 Å². The molecule has 1 saturated heterocycles. The maximum Gasteiger partial charge on any atom is 0.222 e. The van der Waals surface area contributed by atoms with Gasteiger partial charge in [-0.3, -0.25) is 0 Å². The molecule has 0 aliphatic carbocycles. The standard InChI is InChI=1S/C15H18N4O2/c1-20-14-13(3-2-6-16-14)11-9-17-15(18-10-11)19-12-4-7-21-8-5-12/h2-3,6,9-10,12H,4-5,7-8H2,1H3,(H,17,18,19). The van der Waals surface area contributed by atoms with E-state index in [0.29, 0.717) is 17.9 Å². The predicted molar refractivity (Wildman–Crippen MR) is 79.3 cm³/mol. The van der Waals surface area contributed by atoms with E-state index in [9.17, 15) is 0 Å². The van der Waals surface area contributed by atoms with Crippen LogP contribution in [-0.4, -0.2) is 41.3 Å². The molecule has 0 amide bonds. The van der Waals surface area contributed by atoms with Crippen LogP contribution in [-0.2, 0) is 4.74 Å². The first kappa shape index (κ1) is 13.8. The molecule has 3 rings (SSSR count). The Labute approximate surface area is 123 Å². The summed E-state index contributed by atoms with van der Waals surface area (Å²) < 4.78 is 10.6. The lowest BCUT2D eigenvalue weighted by atomic mass is 10.1. The Morgan fingerprint density at radius 2 is 1.95 bits per heavy atom. The highest BCUT2D eigenvalue weighted by molar-refractivity contribution is 5.67. The summed E-state index contributed by atoms with van der Waals surface area (Å²) in [4.78, 5) is 12.9. The van der Waals surface area contributed by atoms with Crippen LogP contribution in [0.4, 0.5) is 5.95 Å². The van der Waals surface area contributed by atoms with Gasteiger partial charge in [-0.1, -0.05) is 0 Å². The van der Waals surface area contributed by atoms with Gasteiger partial charge in [0.15, 0.2) is 0 Å². The van der Waals surface area contributed by atoms with Crippen molar-refractivity contribution in [1.82, 2.24) is 15.0 Å². The average molecular weight is 286 g/mol. The van der Waals surface area contributed by atoms with Gasteiger partial charge in [0.05, 0.1) is 7.11 Å². The van der Waals surface area contributed by atoms with Crippen molar-refractivity contribution < 1.29 is 9.47 Å². The van der Waals surface area contributed by atoms with E-state index in [2.05, 4.69) is 20.3 Å². The normalized spacial score (nSPS) is 15.7. The summed E-state index contributed by atoms with van der Waals surface area (Å²) >= 11 is 0. The zero-order chi connectivity index (χ0) is 14.5. The summed E-state index contributed by atoms with van der Waals surface area (Å²) in [5.74, 6) is 1.22. The lowest BCUT2D eigenvalue weighted by Crippen LogP contribution is -2.28. The minimum Gasteiger partial charge on any atom is -0.481 e. The zero-order valence-electron chi connectivity index (χ0n) is 12.0. The van der Waals surface area contributed by atoms with Crippen molar-refractivity contribution in [2.45, 2.75) is 18.9 Å². The van der Waals surface area contributed by atoms with E-state index in [1.807, 2.05) is 12.1 Å². The van der Waals surface area contributed by atoms with Gasteiger partial charge in [0.2, 0.25) is 11.8 Å². The van der Waals surface area contributed by atoms with Gasteiger partial charge in [0.25, 0.3) is 0 Å². The fourth-order valence-corrected chi connectivity index (χ4v) is 2.34. The molecule has 1 N–H and O–H groups in total. The molecule has 2 aromatic heterocycles. The molecule has 0 unspecified atom stereocenters. The third kappa shape index (κ3) is 3.28. The number of pyridine rings is 1. The van der Waals surface area contributed by atoms with Crippen molar-refractivity contribution in [2.75, 3.05) is 25.6 Å². The van der Waals surface area contributed by atoms with Crippen LogP contribution in [0.3, 0.4) is 0 Å². The second kappa shape index (κ2) is 6.49. The molecule has 0 atom stereocenters. The summed E-state index contributed by atoms with van der Waals surface area (Å²) in [7, 11) is 1.60. The summed E-state index contributed by atoms with van der Waals surface area (Å²) in [6, 6.07) is 4.19. The summed E-state index contributed by atoms with van der Waals surface area (Å²) in [5.41, 5.74) is 1.77. The van der Waals surface area contributed by atoms with Crippen molar-refractivity contribution in [3.63, 3.8) is 0 Å². The molecule has 0 bridgehead atoms. The molecule has 1 fully saturated rings. The molecule has 0 radical (unpaired) electrons. The van der Waals surface area contributed by atoms with Crippen LogP contribution in [0.5, 0.6) is 5.88 Å². The summed E-state index contributed by atoms with van der Waals surface area (Å²) in [6.07, 6.45) is 7.25. The van der Waals surface area contributed by atoms with Crippen LogP contribution in [0, 0.1) is 0 Å². The van der Waals surface area contributed by atoms with Crippen LogP contribution < -0.4 is 10.1 Å². The maximum atomic E-state index is 5.34. The van der Waals surface area contributed by atoms with Crippen molar-refractivity contribution >= 4 is 5.95 Å². The van der Waals surface area contributed by atoms with Crippen LogP contribution >= 0.6 is 0 Å². The topological polar surface area (TPSA) is 69.2 Å². The average Bonchev–Trinajstić information content (AvgIpc) is 2.56. The van der Waals surface area contributed by atoms with E-state index in [0.717, 1.165) is 37.2 Å². The van der Waals surface area contributed by atoms with E-state index in [-0.39, 0.29) is 0 Å². The molecule has 0 spiro atoms. The zero-order valence-corrected chi connectivity index (χ0v) is 12.0. The van der Waals surface area contributed by atoms with E-state index in [1.165, 1.54) is 0 Å². The Morgan fingerprint density at radius 1 is 1.19 bits per heavy atom. The number of anilines is 1. The Hall–Kier alpha value is -2.21. The highest BCUT2D eigenvalue weighted by Crippen LogP contribution is 2.26. The molecule has 3 heterocycles. The van der Waals surface area contributed by atoms with Crippen LogP contribution in [0.15, 0.2) is 30.7 Å². The molecular formula is C15H18N4O2. The van der Waals surface area contributed by atoms with E-state index < -0.39 is 0 Å². The number of rotatable bonds is 4. The third-order valence-corrected chi connectivity index (χ3v) is 3.48. The maximum absolute atomic E-state index is 5.34. The summed E-state index contributed by atoms with van der Waals surface area (Å²) in [5, 5.41) is 3.34. The first-order valence-corrected chi connectivity index (χ1v) is 7.02. The fourth-order valence-electron chi connectivity index (χ4n) is 2.34. The fraction of sp³-hybridized carbons (Fsp3) is 0.400. The van der Waals surface area contributed by atoms with Crippen molar-refractivity contribution in [3.8, 4) is 17.0 Å². The number of nitrogens with zero attached hydrogens (tertiary/aromatic N) is 3. The monoisotopic (exact) mass is 286 g/mol. The summed E-state index contributed by atoms with van der Waals surface area (Å²) in [6.45, 7) is 1.59. The van der Waals surface area contributed by atoms with Gasteiger partial charge in [-0.25, -0.2) is 15.0 Å². The SMILES string of the molecule is COc1ncccc1-c1cnc(NC2CCOCC2)nc1. The quantitative estimate of drug-likeness (QED) is 0.928. The first-order chi connectivity index (χ1) is 10.4. The number of ether oxygens (including phenoxy) is 2. The van der Waals surface area contributed by atoms with Gasteiger partial charge in [-0.05, 0) is 25.0 Å². The Bertz CT molecular complexity index is 582. The smallest absolute Gasteiger partial charge is 0.222 e. The Balaban J connectivity index is 1.74. The predicted octanol–water partition coefficient (Wildman–Crippen LogP) is 2.14. The molecule has 1 aliphatic heterocycles. The minimum absolute atomic E-state index is 0.387. The molecule has 0 saturated carbocycles. The van der Waals surface area contributed by atoms with Crippen LogP contribution in [0.25, 0.3) is 11.1 Å². The Morgan fingerprint density at radius 3 is 2.67 bits per heavy atom. The van der Waals surface area contributed by atoms with Gasteiger partial charge >= 0.3 is 0 Å². The lowest BCUT2D eigenvalue weighted by molar-refractivity contribution is 0.0903. The first-order valence-electron chi connectivity index (χ1n) is 7.02. The number of nitrogens with one attached hydrogen (secondary N) is 1. The van der Waals surface area contributed by atoms with Gasteiger partial charge in [-0.2, -0.15) is 0 Å². The molecule has 2 aromatic rings. The number of hydrogen-bond acceptors (Lipinski definition) is 6. The number of methoxy groups -OCH3 is 1. The van der Waals surface area contributed by atoms with Gasteiger partial charge in [-0.15, -0.1) is 0 Å². The van der Waals surface area contributed by atoms with Crippen molar-refractivity contribution in [2.24, 2.45) is 0 Å². The minimum atomic E-state index is 0.387. The van der Waals surface area contributed by atoms with Crippen molar-refractivity contribution in [1.29, 1.82) is 0 Å². The molecule has 0 aromatic carbocycles. The molecule has 21 heavy (non-hydrogen) atoms. The second-order valence-electron chi connectivity index (χ2n) is 4.89. The van der Waals surface area contributed by atoms with Crippen LogP contribution in [0.2, 0.25) is 0 Å². The Kier molecular flexibility index (Phi) is 4.25. The van der Waals surface area contributed by atoms with Crippen LogP contribution in [0.1, 0.15) is 12.8 Å². The number of aromatic nitrogens is 3. The highest BCUT2D eigenvalue weighted by atomic mass is 16.5. The molecule has 6 heteroatoms. The lowest BCUT2D eigenvalue weighted by Gasteiger charge is -2.22. The largest absolute Gasteiger partial charge is 0.481 e. The molecule has 6 nitrogen and oxygen atoms in total. The van der Waals surface area contributed by atoms with E-state index in [4.69, 9.17) is 9.47 Å². The second-order valence-corrected chi connectivity index (χ2v) is 4.89. The molecule has 1 aliphatic rings. The van der Waals surface area contributed by atoms with E-state index in [1.54, 1.807) is 25.7 Å². The molecule has 110 valence electrons. The third-order valence-electron chi connectivity index (χ3n) is 3.48. The van der Waals surface area contributed by atoms with Crippen molar-refractivity contribution in [3.05, 3.63) is 30.7 Å².